The number of anilines is 1. The highest BCUT2D eigenvalue weighted by Gasteiger charge is 2.27. The normalized spacial score (nSPS) is 20.9. The van der Waals surface area contributed by atoms with Gasteiger partial charge in [-0.1, -0.05) is 0 Å². The Bertz CT molecular complexity index is 750. The predicted molar refractivity (Wildman–Crippen MR) is 94.9 cm³/mol. The standard InChI is InChI=1S/C18H22N6O2/c25-17(14-1-7-20-21-11-14)22-15-3-8-24(12-15)18-19-6-2-16(23-18)13-4-9-26-10-5-13/h1-2,6-7,11,13,15H,3-5,8-10,12H2,(H,22,25). The minimum absolute atomic E-state index is 0.0750. The van der Waals surface area contributed by atoms with Gasteiger partial charge in [-0.3, -0.25) is 4.79 Å². The van der Waals surface area contributed by atoms with Gasteiger partial charge in [-0.25, -0.2) is 9.97 Å². The summed E-state index contributed by atoms with van der Waals surface area (Å²) in [6, 6.07) is 3.74. The molecule has 2 aromatic rings. The third-order valence-electron chi connectivity index (χ3n) is 4.96. The van der Waals surface area contributed by atoms with Crippen LogP contribution in [0.4, 0.5) is 5.95 Å². The first-order valence-corrected chi connectivity index (χ1v) is 9.03. The first-order valence-electron chi connectivity index (χ1n) is 9.03. The molecular weight excluding hydrogens is 332 g/mol. The topological polar surface area (TPSA) is 93.1 Å². The Balaban J connectivity index is 1.38. The zero-order valence-corrected chi connectivity index (χ0v) is 14.5. The number of aromatic nitrogens is 4. The lowest BCUT2D eigenvalue weighted by Gasteiger charge is -2.23. The van der Waals surface area contributed by atoms with Crippen LogP contribution in [0.1, 0.15) is 41.2 Å². The maximum atomic E-state index is 12.3. The van der Waals surface area contributed by atoms with Crippen LogP contribution in [0.3, 0.4) is 0 Å². The van der Waals surface area contributed by atoms with E-state index in [4.69, 9.17) is 9.72 Å². The van der Waals surface area contributed by atoms with Gasteiger partial charge in [0.15, 0.2) is 0 Å². The van der Waals surface area contributed by atoms with Crippen molar-refractivity contribution in [3.05, 3.63) is 42.0 Å². The second-order valence-electron chi connectivity index (χ2n) is 6.70. The minimum Gasteiger partial charge on any atom is -0.381 e. The molecule has 2 saturated heterocycles. The highest BCUT2D eigenvalue weighted by atomic mass is 16.5. The molecule has 4 rings (SSSR count). The van der Waals surface area contributed by atoms with Crippen LogP contribution >= 0.6 is 0 Å². The summed E-state index contributed by atoms with van der Waals surface area (Å²) >= 11 is 0. The Hall–Kier alpha value is -2.61. The van der Waals surface area contributed by atoms with Gasteiger partial charge in [-0.2, -0.15) is 10.2 Å². The second kappa shape index (κ2) is 7.74. The fourth-order valence-corrected chi connectivity index (χ4v) is 3.49. The number of carbonyl (C=O) groups is 1. The van der Waals surface area contributed by atoms with Crippen LogP contribution in [0.2, 0.25) is 0 Å². The highest BCUT2D eigenvalue weighted by Crippen LogP contribution is 2.26. The van der Waals surface area contributed by atoms with Crippen molar-refractivity contribution in [2.45, 2.75) is 31.2 Å². The molecule has 2 fully saturated rings. The number of carbonyl (C=O) groups excluding carboxylic acids is 1. The van der Waals surface area contributed by atoms with E-state index in [2.05, 4.69) is 25.4 Å². The Morgan fingerprint density at radius 3 is 2.85 bits per heavy atom. The summed E-state index contributed by atoms with van der Waals surface area (Å²) in [7, 11) is 0. The summed E-state index contributed by atoms with van der Waals surface area (Å²) in [6.45, 7) is 3.13. The molecule has 0 radical (unpaired) electrons. The van der Waals surface area contributed by atoms with Crippen molar-refractivity contribution in [1.82, 2.24) is 25.5 Å². The van der Waals surface area contributed by atoms with Gasteiger partial charge < -0.3 is 15.0 Å². The molecule has 1 atom stereocenters. The van der Waals surface area contributed by atoms with Crippen LogP contribution in [-0.2, 0) is 4.74 Å². The van der Waals surface area contributed by atoms with Crippen molar-refractivity contribution in [2.24, 2.45) is 0 Å². The van der Waals surface area contributed by atoms with E-state index in [0.29, 0.717) is 18.0 Å². The highest BCUT2D eigenvalue weighted by molar-refractivity contribution is 5.94. The zero-order chi connectivity index (χ0) is 17.8. The van der Waals surface area contributed by atoms with Crippen LogP contribution in [0.15, 0.2) is 30.7 Å². The lowest BCUT2D eigenvalue weighted by atomic mass is 9.96. The van der Waals surface area contributed by atoms with Crippen molar-refractivity contribution in [3.8, 4) is 0 Å². The molecule has 2 aromatic heterocycles. The fraction of sp³-hybridized carbons (Fsp3) is 0.500. The molecule has 0 spiro atoms. The van der Waals surface area contributed by atoms with Crippen molar-refractivity contribution in [1.29, 1.82) is 0 Å². The Morgan fingerprint density at radius 1 is 1.15 bits per heavy atom. The van der Waals surface area contributed by atoms with Crippen molar-refractivity contribution < 1.29 is 9.53 Å². The molecule has 0 aliphatic carbocycles. The average molecular weight is 354 g/mol. The number of rotatable bonds is 4. The van der Waals surface area contributed by atoms with Crippen LogP contribution in [0, 0.1) is 0 Å². The summed E-state index contributed by atoms with van der Waals surface area (Å²) in [6.07, 6.45) is 7.72. The third kappa shape index (κ3) is 3.80. The quantitative estimate of drug-likeness (QED) is 0.881. The number of hydrogen-bond acceptors (Lipinski definition) is 7. The fourth-order valence-electron chi connectivity index (χ4n) is 3.49. The lowest BCUT2D eigenvalue weighted by molar-refractivity contribution is 0.0845. The molecule has 0 bridgehead atoms. The number of nitrogens with one attached hydrogen (secondary N) is 1. The number of nitrogens with zero attached hydrogens (tertiary/aromatic N) is 5. The Morgan fingerprint density at radius 2 is 2.04 bits per heavy atom. The number of ether oxygens (including phenoxy) is 1. The van der Waals surface area contributed by atoms with Crippen molar-refractivity contribution >= 4 is 11.9 Å². The molecule has 26 heavy (non-hydrogen) atoms. The van der Waals surface area contributed by atoms with Gasteiger partial charge in [0.05, 0.1) is 18.0 Å². The summed E-state index contributed by atoms with van der Waals surface area (Å²) < 4.78 is 5.44. The molecule has 0 aromatic carbocycles. The van der Waals surface area contributed by atoms with Crippen molar-refractivity contribution in [3.63, 3.8) is 0 Å². The number of amides is 1. The Labute approximate surface area is 152 Å². The lowest BCUT2D eigenvalue weighted by Crippen LogP contribution is -2.37. The van der Waals surface area contributed by atoms with Gasteiger partial charge in [0.2, 0.25) is 5.95 Å². The van der Waals surface area contributed by atoms with E-state index in [9.17, 15) is 4.79 Å². The molecule has 1 unspecified atom stereocenters. The zero-order valence-electron chi connectivity index (χ0n) is 14.5. The molecule has 2 aliphatic heterocycles. The predicted octanol–water partition coefficient (Wildman–Crippen LogP) is 1.17. The minimum atomic E-state index is -0.122. The molecule has 8 heteroatoms. The van der Waals surface area contributed by atoms with E-state index in [0.717, 1.165) is 50.7 Å². The summed E-state index contributed by atoms with van der Waals surface area (Å²) in [5.41, 5.74) is 1.62. The van der Waals surface area contributed by atoms with Gasteiger partial charge in [0, 0.05) is 50.2 Å². The van der Waals surface area contributed by atoms with Crippen LogP contribution in [0.25, 0.3) is 0 Å². The van der Waals surface area contributed by atoms with Gasteiger partial charge in [-0.05, 0) is 31.4 Å². The van der Waals surface area contributed by atoms with Gasteiger partial charge in [0.1, 0.15) is 0 Å². The molecule has 1 N–H and O–H groups in total. The van der Waals surface area contributed by atoms with E-state index in [1.54, 1.807) is 6.07 Å². The largest absolute Gasteiger partial charge is 0.381 e. The van der Waals surface area contributed by atoms with Gasteiger partial charge in [0.25, 0.3) is 5.91 Å². The SMILES string of the molecule is O=C(NC1CCN(c2nccc(C3CCOCC3)n2)C1)c1ccnnc1. The van der Waals surface area contributed by atoms with E-state index in [-0.39, 0.29) is 11.9 Å². The molecule has 1 amide bonds. The van der Waals surface area contributed by atoms with Crippen LogP contribution in [-0.4, -0.2) is 58.4 Å². The first-order chi connectivity index (χ1) is 12.8. The van der Waals surface area contributed by atoms with Gasteiger partial charge >= 0.3 is 0 Å². The molecule has 136 valence electrons. The van der Waals surface area contributed by atoms with Gasteiger partial charge in [-0.15, -0.1) is 0 Å². The smallest absolute Gasteiger partial charge is 0.253 e. The van der Waals surface area contributed by atoms with E-state index in [1.165, 1.54) is 12.4 Å². The molecular formula is C18H22N6O2. The first kappa shape index (κ1) is 16.8. The molecule has 0 saturated carbocycles. The monoisotopic (exact) mass is 354 g/mol. The molecule has 2 aliphatic rings. The van der Waals surface area contributed by atoms with Crippen LogP contribution in [0.5, 0.6) is 0 Å². The molecule has 4 heterocycles. The van der Waals surface area contributed by atoms with Crippen molar-refractivity contribution in [2.75, 3.05) is 31.2 Å². The maximum absolute atomic E-state index is 12.3. The van der Waals surface area contributed by atoms with E-state index < -0.39 is 0 Å². The summed E-state index contributed by atoms with van der Waals surface area (Å²) in [4.78, 5) is 23.6. The second-order valence-corrected chi connectivity index (χ2v) is 6.70. The Kier molecular flexibility index (Phi) is 5.01. The maximum Gasteiger partial charge on any atom is 0.253 e. The van der Waals surface area contributed by atoms with E-state index in [1.807, 2.05) is 12.3 Å². The van der Waals surface area contributed by atoms with Crippen LogP contribution < -0.4 is 10.2 Å². The third-order valence-corrected chi connectivity index (χ3v) is 4.96. The summed E-state index contributed by atoms with van der Waals surface area (Å²) in [5, 5.41) is 10.5. The molecule has 8 nitrogen and oxygen atoms in total. The number of hydrogen-bond donors (Lipinski definition) is 1. The van der Waals surface area contributed by atoms with E-state index >= 15 is 0 Å². The summed E-state index contributed by atoms with van der Waals surface area (Å²) in [5.74, 6) is 1.07. The average Bonchev–Trinajstić information content (AvgIpc) is 3.18.